The van der Waals surface area contributed by atoms with Gasteiger partial charge in [0.05, 0.1) is 6.33 Å². The number of nitrogens with one attached hydrogen (secondary N) is 1. The zero-order valence-electron chi connectivity index (χ0n) is 10.6. The van der Waals surface area contributed by atoms with Crippen molar-refractivity contribution in [1.82, 2.24) is 14.9 Å². The van der Waals surface area contributed by atoms with Gasteiger partial charge in [0.25, 0.3) is 5.91 Å². The molecule has 0 bridgehead atoms. The lowest BCUT2D eigenvalue weighted by molar-refractivity contribution is -0.120. The number of imidazole rings is 1. The maximum Gasteiger partial charge on any atom is 0.272 e. The summed E-state index contributed by atoms with van der Waals surface area (Å²) in [7, 11) is 0. The Balaban J connectivity index is 2.71. The summed E-state index contributed by atoms with van der Waals surface area (Å²) in [5.41, 5.74) is 10.9. The van der Waals surface area contributed by atoms with Crippen LogP contribution in [0.5, 0.6) is 0 Å². The van der Waals surface area contributed by atoms with Crippen LogP contribution in [-0.4, -0.2) is 34.0 Å². The summed E-state index contributed by atoms with van der Waals surface area (Å²) < 4.78 is 1.71. The summed E-state index contributed by atoms with van der Waals surface area (Å²) in [5.74, 6) is -1.04. The molecular weight excluding hydrogens is 234 g/mol. The van der Waals surface area contributed by atoms with Crippen LogP contribution in [0.3, 0.4) is 0 Å². The number of carbonyl (C=O) groups is 2. The highest BCUT2D eigenvalue weighted by Gasteiger charge is 2.23. The quantitative estimate of drug-likeness (QED) is 0.608. The van der Waals surface area contributed by atoms with Crippen molar-refractivity contribution in [1.29, 1.82) is 0 Å². The van der Waals surface area contributed by atoms with E-state index >= 15 is 0 Å². The van der Waals surface area contributed by atoms with Crippen LogP contribution < -0.4 is 16.8 Å². The predicted molar refractivity (Wildman–Crippen MR) is 66.6 cm³/mol. The van der Waals surface area contributed by atoms with E-state index in [4.69, 9.17) is 11.5 Å². The highest BCUT2D eigenvalue weighted by Crippen LogP contribution is 2.03. The number of hydrogen-bond acceptors (Lipinski definition) is 4. The minimum Gasteiger partial charge on any atom is -0.368 e. The number of hydrogen-bond donors (Lipinski definition) is 3. The van der Waals surface area contributed by atoms with Crippen molar-refractivity contribution in [3.63, 3.8) is 0 Å². The molecule has 1 heterocycles. The number of carbonyl (C=O) groups excluding carboxylic acids is 2. The van der Waals surface area contributed by atoms with Crippen molar-refractivity contribution in [2.45, 2.75) is 26.4 Å². The Morgan fingerprint density at radius 1 is 1.50 bits per heavy atom. The van der Waals surface area contributed by atoms with Gasteiger partial charge in [0.1, 0.15) is 11.7 Å². The summed E-state index contributed by atoms with van der Waals surface area (Å²) in [5, 5.41) is 2.57. The Morgan fingerprint density at radius 3 is 2.67 bits per heavy atom. The van der Waals surface area contributed by atoms with Crippen molar-refractivity contribution in [3.8, 4) is 0 Å². The number of nitrogens with zero attached hydrogens (tertiary/aromatic N) is 2. The predicted octanol–water partition coefficient (Wildman–Crippen LogP) is -0.918. The molecule has 0 aliphatic rings. The fraction of sp³-hybridized carbons (Fsp3) is 0.545. The number of nitrogens with two attached hydrogens (primary N) is 2. The van der Waals surface area contributed by atoms with E-state index in [-0.39, 0.29) is 11.6 Å². The van der Waals surface area contributed by atoms with Crippen molar-refractivity contribution in [2.75, 3.05) is 6.54 Å². The number of primary amides is 1. The van der Waals surface area contributed by atoms with E-state index in [0.717, 1.165) is 0 Å². The van der Waals surface area contributed by atoms with Crippen LogP contribution in [0.4, 0.5) is 0 Å². The molecule has 1 atom stereocenters. The first-order valence-electron chi connectivity index (χ1n) is 5.77. The van der Waals surface area contributed by atoms with Crippen molar-refractivity contribution in [3.05, 3.63) is 18.2 Å². The molecule has 0 saturated heterocycles. The second kappa shape index (κ2) is 6.15. The molecule has 100 valence electrons. The van der Waals surface area contributed by atoms with Gasteiger partial charge in [-0.2, -0.15) is 0 Å². The van der Waals surface area contributed by atoms with Crippen molar-refractivity contribution >= 4 is 11.8 Å². The molecule has 1 rings (SSSR count). The van der Waals surface area contributed by atoms with Gasteiger partial charge in [-0.25, -0.2) is 4.98 Å². The standard InChI is InChI=1S/C11H19N5O2/c1-7(2)9(10(13)17)15-11(18)8-5-16(4-3-12)6-14-8/h5-7,9H,3-4,12H2,1-2H3,(H2,13,17)(H,15,18). The molecule has 2 amide bonds. The summed E-state index contributed by atoms with van der Waals surface area (Å²) in [6.07, 6.45) is 3.11. The second-order valence-corrected chi connectivity index (χ2v) is 4.38. The fourth-order valence-electron chi connectivity index (χ4n) is 1.53. The summed E-state index contributed by atoms with van der Waals surface area (Å²) >= 11 is 0. The first-order valence-corrected chi connectivity index (χ1v) is 5.77. The molecule has 0 aliphatic carbocycles. The van der Waals surface area contributed by atoms with E-state index in [1.54, 1.807) is 10.8 Å². The highest BCUT2D eigenvalue weighted by molar-refractivity contribution is 5.95. The molecular formula is C11H19N5O2. The van der Waals surface area contributed by atoms with Gasteiger partial charge in [-0.05, 0) is 5.92 Å². The fourth-order valence-corrected chi connectivity index (χ4v) is 1.53. The Labute approximate surface area is 106 Å². The summed E-state index contributed by atoms with van der Waals surface area (Å²) in [4.78, 5) is 27.0. The van der Waals surface area contributed by atoms with Crippen LogP contribution in [0, 0.1) is 5.92 Å². The molecule has 1 aromatic heterocycles. The number of rotatable bonds is 6. The van der Waals surface area contributed by atoms with E-state index in [0.29, 0.717) is 13.1 Å². The van der Waals surface area contributed by atoms with E-state index in [1.165, 1.54) is 6.33 Å². The Morgan fingerprint density at radius 2 is 2.17 bits per heavy atom. The maximum atomic E-state index is 11.9. The van der Waals surface area contributed by atoms with E-state index in [2.05, 4.69) is 10.3 Å². The first-order chi connectivity index (χ1) is 8.45. The molecule has 0 radical (unpaired) electrons. The summed E-state index contributed by atoms with van der Waals surface area (Å²) in [6, 6.07) is -0.697. The molecule has 1 unspecified atom stereocenters. The van der Waals surface area contributed by atoms with Gasteiger partial charge >= 0.3 is 0 Å². The zero-order valence-corrected chi connectivity index (χ0v) is 10.6. The van der Waals surface area contributed by atoms with Crippen LogP contribution in [0.15, 0.2) is 12.5 Å². The number of aromatic nitrogens is 2. The third-order valence-corrected chi connectivity index (χ3v) is 2.51. The van der Waals surface area contributed by atoms with Gasteiger partial charge in [-0.1, -0.05) is 13.8 Å². The van der Waals surface area contributed by atoms with Crippen LogP contribution in [0.1, 0.15) is 24.3 Å². The molecule has 5 N–H and O–H groups in total. The van der Waals surface area contributed by atoms with Crippen molar-refractivity contribution in [2.24, 2.45) is 17.4 Å². The zero-order chi connectivity index (χ0) is 13.7. The van der Waals surface area contributed by atoms with Crippen LogP contribution in [0.25, 0.3) is 0 Å². The topological polar surface area (TPSA) is 116 Å². The smallest absolute Gasteiger partial charge is 0.272 e. The van der Waals surface area contributed by atoms with Crippen LogP contribution in [0.2, 0.25) is 0 Å². The number of amides is 2. The van der Waals surface area contributed by atoms with E-state index < -0.39 is 17.9 Å². The molecule has 0 aliphatic heterocycles. The van der Waals surface area contributed by atoms with Crippen molar-refractivity contribution < 1.29 is 9.59 Å². The molecule has 18 heavy (non-hydrogen) atoms. The van der Waals surface area contributed by atoms with Crippen LogP contribution in [-0.2, 0) is 11.3 Å². The van der Waals surface area contributed by atoms with Crippen LogP contribution >= 0.6 is 0 Å². The van der Waals surface area contributed by atoms with Gasteiger partial charge in [-0.15, -0.1) is 0 Å². The summed E-state index contributed by atoms with van der Waals surface area (Å²) in [6.45, 7) is 4.67. The second-order valence-electron chi connectivity index (χ2n) is 4.38. The Hall–Kier alpha value is -1.89. The van der Waals surface area contributed by atoms with Gasteiger partial charge < -0.3 is 21.4 Å². The average Bonchev–Trinajstić information content (AvgIpc) is 2.73. The molecule has 7 heteroatoms. The van der Waals surface area contributed by atoms with Gasteiger partial charge in [-0.3, -0.25) is 9.59 Å². The minimum absolute atomic E-state index is 0.0717. The van der Waals surface area contributed by atoms with E-state index in [1.807, 2.05) is 13.8 Å². The maximum absolute atomic E-state index is 11.9. The molecule has 0 fully saturated rings. The molecule has 1 aromatic rings. The average molecular weight is 253 g/mol. The van der Waals surface area contributed by atoms with Gasteiger partial charge in [0, 0.05) is 19.3 Å². The minimum atomic E-state index is -0.697. The van der Waals surface area contributed by atoms with Gasteiger partial charge in [0.15, 0.2) is 0 Å². The first kappa shape index (κ1) is 14.2. The normalized spacial score (nSPS) is 12.4. The van der Waals surface area contributed by atoms with E-state index in [9.17, 15) is 9.59 Å². The SMILES string of the molecule is CC(C)C(NC(=O)c1cn(CCN)cn1)C(N)=O. The lowest BCUT2D eigenvalue weighted by Gasteiger charge is -2.18. The Kier molecular flexibility index (Phi) is 4.85. The highest BCUT2D eigenvalue weighted by atomic mass is 16.2. The molecule has 0 spiro atoms. The molecule has 0 aromatic carbocycles. The third-order valence-electron chi connectivity index (χ3n) is 2.51. The monoisotopic (exact) mass is 253 g/mol. The largest absolute Gasteiger partial charge is 0.368 e. The lowest BCUT2D eigenvalue weighted by atomic mass is 10.0. The lowest BCUT2D eigenvalue weighted by Crippen LogP contribution is -2.47. The van der Waals surface area contributed by atoms with Gasteiger partial charge in [0.2, 0.25) is 5.91 Å². The Bertz CT molecular complexity index is 427. The third kappa shape index (κ3) is 3.56. The molecule has 7 nitrogen and oxygen atoms in total. The molecule has 0 saturated carbocycles.